The maximum Gasteiger partial charge on any atom is 0.260 e. The van der Waals surface area contributed by atoms with E-state index in [0.717, 1.165) is 12.8 Å². The zero-order chi connectivity index (χ0) is 14.8. The Hall–Kier alpha value is -1.16. The van der Waals surface area contributed by atoms with E-state index < -0.39 is 10.0 Å². The Morgan fingerprint density at radius 1 is 1.57 bits per heavy atom. The summed E-state index contributed by atoms with van der Waals surface area (Å²) in [7, 11) is -2.09. The number of nitrogens with one attached hydrogen (secondary N) is 2. The lowest BCUT2D eigenvalue weighted by atomic mass is 10.2. The van der Waals surface area contributed by atoms with Gasteiger partial charge in [-0.05, 0) is 18.8 Å². The van der Waals surface area contributed by atoms with Crippen molar-refractivity contribution in [1.29, 1.82) is 0 Å². The van der Waals surface area contributed by atoms with Gasteiger partial charge in [0.05, 0.1) is 12.9 Å². The van der Waals surface area contributed by atoms with Crippen LogP contribution >= 0.6 is 12.4 Å². The number of carbonyl (C=O) groups is 1. The van der Waals surface area contributed by atoms with Gasteiger partial charge in [-0.25, -0.2) is 18.1 Å². The Kier molecular flexibility index (Phi) is 6.14. The number of imidazole rings is 1. The van der Waals surface area contributed by atoms with Crippen LogP contribution in [0.1, 0.15) is 12.8 Å². The van der Waals surface area contributed by atoms with E-state index in [1.54, 1.807) is 7.05 Å². The normalized spacial score (nSPS) is 16.1. The highest BCUT2D eigenvalue weighted by Gasteiger charge is 2.31. The van der Waals surface area contributed by atoms with E-state index in [0.29, 0.717) is 12.5 Å². The van der Waals surface area contributed by atoms with Gasteiger partial charge in [0.1, 0.15) is 0 Å². The minimum atomic E-state index is -3.76. The molecule has 1 aromatic heterocycles. The lowest BCUT2D eigenvalue weighted by molar-refractivity contribution is -0.120. The highest BCUT2D eigenvalue weighted by molar-refractivity contribution is 7.89. The monoisotopic (exact) mass is 337 g/mol. The lowest BCUT2D eigenvalue weighted by Gasteiger charge is -2.15. The van der Waals surface area contributed by atoms with Gasteiger partial charge in [-0.1, -0.05) is 0 Å². The third kappa shape index (κ3) is 4.95. The summed E-state index contributed by atoms with van der Waals surface area (Å²) in [6, 6.07) is -0.0677. The van der Waals surface area contributed by atoms with Crippen molar-refractivity contribution >= 4 is 28.3 Å². The third-order valence-corrected chi connectivity index (χ3v) is 4.46. The van der Waals surface area contributed by atoms with Crippen molar-refractivity contribution < 1.29 is 13.2 Å². The number of aromatic nitrogens is 2. The van der Waals surface area contributed by atoms with Gasteiger partial charge in [0.2, 0.25) is 5.91 Å². The number of hydrogen-bond donors (Lipinski definition) is 3. The summed E-state index contributed by atoms with van der Waals surface area (Å²) in [6.45, 7) is 0.0471. The molecule has 8 nitrogen and oxygen atoms in total. The van der Waals surface area contributed by atoms with Gasteiger partial charge in [0.15, 0.2) is 5.03 Å². The molecule has 0 aromatic carbocycles. The molecule has 120 valence electrons. The Labute approximate surface area is 129 Å². The van der Waals surface area contributed by atoms with Crippen LogP contribution in [0.4, 0.5) is 0 Å². The fourth-order valence-electron chi connectivity index (χ4n) is 1.89. The first-order chi connectivity index (χ1) is 9.42. The molecule has 0 bridgehead atoms. The van der Waals surface area contributed by atoms with E-state index in [2.05, 4.69) is 15.0 Å². The van der Waals surface area contributed by atoms with Gasteiger partial charge in [0, 0.05) is 25.8 Å². The molecule has 0 spiro atoms. The molecule has 0 saturated heterocycles. The van der Waals surface area contributed by atoms with Gasteiger partial charge in [-0.15, -0.1) is 12.4 Å². The van der Waals surface area contributed by atoms with E-state index in [1.165, 1.54) is 17.1 Å². The van der Waals surface area contributed by atoms with E-state index in [9.17, 15) is 13.2 Å². The first-order valence-corrected chi connectivity index (χ1v) is 7.88. The Bertz CT molecular complexity index is 584. The van der Waals surface area contributed by atoms with Crippen LogP contribution < -0.4 is 15.8 Å². The predicted molar refractivity (Wildman–Crippen MR) is 79.4 cm³/mol. The Balaban J connectivity index is 0.00000220. The van der Waals surface area contributed by atoms with Crippen molar-refractivity contribution in [1.82, 2.24) is 19.6 Å². The largest absolute Gasteiger partial charge is 0.351 e. The van der Waals surface area contributed by atoms with E-state index in [4.69, 9.17) is 5.73 Å². The molecule has 1 amide bonds. The second-order valence-corrected chi connectivity index (χ2v) is 6.66. The number of nitrogens with zero attached hydrogens (tertiary/aromatic N) is 2. The molecule has 1 aliphatic rings. The summed E-state index contributed by atoms with van der Waals surface area (Å²) < 4.78 is 27.5. The molecular formula is C11H20ClN5O3S. The first-order valence-electron chi connectivity index (χ1n) is 6.39. The van der Waals surface area contributed by atoms with Crippen LogP contribution in [0.5, 0.6) is 0 Å². The minimum absolute atomic E-state index is 0. The zero-order valence-corrected chi connectivity index (χ0v) is 13.3. The fraction of sp³-hybridized carbons (Fsp3) is 0.636. The number of halogens is 1. The van der Waals surface area contributed by atoms with Crippen LogP contribution in [0.3, 0.4) is 0 Å². The summed E-state index contributed by atoms with van der Waals surface area (Å²) in [5.41, 5.74) is 5.57. The quantitative estimate of drug-likeness (QED) is 0.588. The lowest BCUT2D eigenvalue weighted by Crippen LogP contribution is -2.46. The van der Waals surface area contributed by atoms with E-state index >= 15 is 0 Å². The fourth-order valence-corrected chi connectivity index (χ4v) is 2.85. The topological polar surface area (TPSA) is 119 Å². The molecule has 1 aromatic rings. The zero-order valence-electron chi connectivity index (χ0n) is 11.7. The molecule has 1 aliphatic carbocycles. The molecule has 1 fully saturated rings. The minimum Gasteiger partial charge on any atom is -0.351 e. The number of sulfonamides is 1. The van der Waals surface area contributed by atoms with Crippen LogP contribution in [0.2, 0.25) is 0 Å². The average Bonchev–Trinajstić information content (AvgIpc) is 3.15. The SMILES string of the molecule is Cl.Cn1cnc(S(=O)(=O)NCC(=O)NC(CN)C2CC2)c1. The highest BCUT2D eigenvalue weighted by Crippen LogP contribution is 2.32. The highest BCUT2D eigenvalue weighted by atomic mass is 35.5. The van der Waals surface area contributed by atoms with Crippen LogP contribution in [0.15, 0.2) is 17.6 Å². The maximum absolute atomic E-state index is 11.9. The maximum atomic E-state index is 11.9. The van der Waals surface area contributed by atoms with E-state index in [-0.39, 0.29) is 35.9 Å². The molecule has 0 radical (unpaired) electrons. The standard InChI is InChI=1S/C11H19N5O3S.ClH/c1-16-6-11(13-7-16)20(18,19)14-5-10(17)15-9(4-12)8-2-3-8;/h6-9,14H,2-5,12H2,1H3,(H,15,17);1H. The first kappa shape index (κ1) is 17.9. The average molecular weight is 338 g/mol. The molecule has 21 heavy (non-hydrogen) atoms. The number of carbonyl (C=O) groups excluding carboxylic acids is 1. The van der Waals surface area contributed by atoms with Gasteiger partial charge in [-0.2, -0.15) is 0 Å². The third-order valence-electron chi connectivity index (χ3n) is 3.17. The number of nitrogens with two attached hydrogens (primary N) is 1. The van der Waals surface area contributed by atoms with Crippen molar-refractivity contribution in [2.75, 3.05) is 13.1 Å². The van der Waals surface area contributed by atoms with Crippen molar-refractivity contribution in [3.05, 3.63) is 12.5 Å². The second-order valence-electron chi connectivity index (χ2n) is 4.95. The number of aryl methyl sites for hydroxylation is 1. The molecule has 1 unspecified atom stereocenters. The van der Waals surface area contributed by atoms with Crippen LogP contribution in [-0.4, -0.2) is 43.0 Å². The van der Waals surface area contributed by atoms with Crippen molar-refractivity contribution in [2.24, 2.45) is 18.7 Å². The van der Waals surface area contributed by atoms with Crippen molar-refractivity contribution in [2.45, 2.75) is 23.9 Å². The van der Waals surface area contributed by atoms with Crippen LogP contribution in [-0.2, 0) is 21.9 Å². The summed E-state index contributed by atoms with van der Waals surface area (Å²) in [5.74, 6) is 0.0446. The summed E-state index contributed by atoms with van der Waals surface area (Å²) in [5, 5.41) is 2.64. The Morgan fingerprint density at radius 2 is 2.24 bits per heavy atom. The molecule has 4 N–H and O–H groups in total. The number of rotatable bonds is 7. The smallest absolute Gasteiger partial charge is 0.260 e. The molecule has 1 atom stereocenters. The number of hydrogen-bond acceptors (Lipinski definition) is 5. The summed E-state index contributed by atoms with van der Waals surface area (Å²) >= 11 is 0. The van der Waals surface area contributed by atoms with Gasteiger partial charge in [0.25, 0.3) is 10.0 Å². The molecule has 2 rings (SSSR count). The molecule has 1 heterocycles. The number of amides is 1. The van der Waals surface area contributed by atoms with Crippen LogP contribution in [0.25, 0.3) is 0 Å². The molecule has 1 saturated carbocycles. The molecule has 10 heteroatoms. The van der Waals surface area contributed by atoms with Crippen LogP contribution in [0, 0.1) is 5.92 Å². The molecule has 0 aliphatic heterocycles. The van der Waals surface area contributed by atoms with E-state index in [1.807, 2.05) is 0 Å². The summed E-state index contributed by atoms with van der Waals surface area (Å²) in [6.07, 6.45) is 4.86. The second kappa shape index (κ2) is 7.21. The van der Waals surface area contributed by atoms with Gasteiger partial charge >= 0.3 is 0 Å². The van der Waals surface area contributed by atoms with Gasteiger partial charge < -0.3 is 15.6 Å². The summed E-state index contributed by atoms with van der Waals surface area (Å²) in [4.78, 5) is 15.5. The van der Waals surface area contributed by atoms with Gasteiger partial charge in [-0.3, -0.25) is 4.79 Å². The van der Waals surface area contributed by atoms with Crippen molar-refractivity contribution in [3.63, 3.8) is 0 Å². The predicted octanol–water partition coefficient (Wildman–Crippen LogP) is -1.03. The van der Waals surface area contributed by atoms with Crippen molar-refractivity contribution in [3.8, 4) is 0 Å². The Morgan fingerprint density at radius 3 is 2.71 bits per heavy atom. The molecular weight excluding hydrogens is 318 g/mol.